The first-order valence-corrected chi connectivity index (χ1v) is 5.95. The van der Waals surface area contributed by atoms with Crippen LogP contribution in [-0.4, -0.2) is 19.0 Å². The third-order valence-electron chi connectivity index (χ3n) is 2.71. The second-order valence-electron chi connectivity index (χ2n) is 4.15. The average molecular weight is 270 g/mol. The minimum Gasteiger partial charge on any atom is -0.465 e. The topological polar surface area (TPSA) is 81.4 Å². The van der Waals surface area contributed by atoms with Crippen LogP contribution in [0.25, 0.3) is 0 Å². The lowest BCUT2D eigenvalue weighted by molar-refractivity contribution is 0.0600. The van der Waals surface area contributed by atoms with Gasteiger partial charge in [-0.05, 0) is 42.5 Å². The van der Waals surface area contributed by atoms with Crippen LogP contribution in [0.3, 0.4) is 0 Å². The predicted molar refractivity (Wildman–Crippen MR) is 76.6 cm³/mol. The van der Waals surface area contributed by atoms with Crippen LogP contribution in [0.1, 0.15) is 20.7 Å². The maximum Gasteiger partial charge on any atom is 0.337 e. The van der Waals surface area contributed by atoms with Crippen molar-refractivity contribution in [2.24, 2.45) is 0 Å². The van der Waals surface area contributed by atoms with Crippen molar-refractivity contribution in [3.05, 3.63) is 59.7 Å². The van der Waals surface area contributed by atoms with Crippen LogP contribution < -0.4 is 11.1 Å². The number of rotatable bonds is 3. The number of anilines is 2. The van der Waals surface area contributed by atoms with Gasteiger partial charge in [-0.3, -0.25) is 4.79 Å². The van der Waals surface area contributed by atoms with Gasteiger partial charge in [-0.15, -0.1) is 0 Å². The van der Waals surface area contributed by atoms with Gasteiger partial charge in [0.1, 0.15) is 0 Å². The fourth-order valence-electron chi connectivity index (χ4n) is 1.68. The van der Waals surface area contributed by atoms with E-state index in [2.05, 4.69) is 10.1 Å². The van der Waals surface area contributed by atoms with Gasteiger partial charge in [0.05, 0.1) is 12.7 Å². The number of ether oxygens (including phenoxy) is 1. The predicted octanol–water partition coefficient (Wildman–Crippen LogP) is 2.31. The van der Waals surface area contributed by atoms with Crippen LogP contribution in [0, 0.1) is 0 Å². The van der Waals surface area contributed by atoms with Gasteiger partial charge in [-0.25, -0.2) is 4.79 Å². The standard InChI is InChI=1S/C15H14N2O3/c1-20-15(19)11-3-2-4-13(9-11)17-14(18)10-5-7-12(16)8-6-10/h2-9H,16H2,1H3,(H,17,18). The molecule has 0 aliphatic rings. The van der Waals surface area contributed by atoms with Gasteiger partial charge in [-0.1, -0.05) is 6.07 Å². The van der Waals surface area contributed by atoms with E-state index in [1.165, 1.54) is 7.11 Å². The molecule has 0 aromatic heterocycles. The lowest BCUT2D eigenvalue weighted by atomic mass is 10.1. The number of hydrogen-bond acceptors (Lipinski definition) is 4. The van der Waals surface area contributed by atoms with Gasteiger partial charge < -0.3 is 15.8 Å². The Labute approximate surface area is 116 Å². The van der Waals surface area contributed by atoms with Gasteiger partial charge in [0.15, 0.2) is 0 Å². The second-order valence-corrected chi connectivity index (χ2v) is 4.15. The molecule has 0 aliphatic heterocycles. The minimum atomic E-state index is -0.450. The Morgan fingerprint density at radius 2 is 1.75 bits per heavy atom. The Hall–Kier alpha value is -2.82. The molecule has 5 nitrogen and oxygen atoms in total. The lowest BCUT2D eigenvalue weighted by Crippen LogP contribution is -2.12. The Morgan fingerprint density at radius 3 is 2.40 bits per heavy atom. The van der Waals surface area contributed by atoms with Crippen molar-refractivity contribution < 1.29 is 14.3 Å². The number of carbonyl (C=O) groups is 2. The van der Waals surface area contributed by atoms with Gasteiger partial charge in [0.25, 0.3) is 5.91 Å². The van der Waals surface area contributed by atoms with E-state index >= 15 is 0 Å². The first-order chi connectivity index (χ1) is 9.60. The molecule has 0 bridgehead atoms. The summed E-state index contributed by atoms with van der Waals surface area (Å²) in [4.78, 5) is 23.4. The Balaban J connectivity index is 2.15. The zero-order valence-electron chi connectivity index (χ0n) is 10.9. The summed E-state index contributed by atoms with van der Waals surface area (Å²) in [6.07, 6.45) is 0. The highest BCUT2D eigenvalue weighted by atomic mass is 16.5. The molecule has 5 heteroatoms. The summed E-state index contributed by atoms with van der Waals surface area (Å²) in [6, 6.07) is 13.1. The van der Waals surface area contributed by atoms with E-state index in [1.54, 1.807) is 48.5 Å². The van der Waals surface area contributed by atoms with Crippen molar-refractivity contribution >= 4 is 23.3 Å². The summed E-state index contributed by atoms with van der Waals surface area (Å²) in [7, 11) is 1.31. The fraction of sp³-hybridized carbons (Fsp3) is 0.0667. The normalized spacial score (nSPS) is 9.85. The molecule has 20 heavy (non-hydrogen) atoms. The summed E-state index contributed by atoms with van der Waals surface area (Å²) in [6.45, 7) is 0. The highest BCUT2D eigenvalue weighted by molar-refractivity contribution is 6.05. The van der Waals surface area contributed by atoms with E-state index < -0.39 is 5.97 Å². The molecular weight excluding hydrogens is 256 g/mol. The zero-order chi connectivity index (χ0) is 14.5. The number of hydrogen-bond donors (Lipinski definition) is 2. The molecule has 0 saturated heterocycles. The maximum atomic E-state index is 12.0. The number of nitrogens with one attached hydrogen (secondary N) is 1. The van der Waals surface area contributed by atoms with Gasteiger partial charge in [-0.2, -0.15) is 0 Å². The van der Waals surface area contributed by atoms with Crippen molar-refractivity contribution in [1.29, 1.82) is 0 Å². The minimum absolute atomic E-state index is 0.271. The molecule has 1 amide bonds. The monoisotopic (exact) mass is 270 g/mol. The highest BCUT2D eigenvalue weighted by Gasteiger charge is 2.09. The molecule has 0 radical (unpaired) electrons. The van der Waals surface area contributed by atoms with Crippen molar-refractivity contribution in [2.45, 2.75) is 0 Å². The van der Waals surface area contributed by atoms with E-state index in [1.807, 2.05) is 0 Å². The van der Waals surface area contributed by atoms with Gasteiger partial charge in [0, 0.05) is 16.9 Å². The van der Waals surface area contributed by atoms with E-state index in [0.717, 1.165) is 0 Å². The summed E-state index contributed by atoms with van der Waals surface area (Å²) in [5.41, 5.74) is 7.55. The number of methoxy groups -OCH3 is 1. The summed E-state index contributed by atoms with van der Waals surface area (Å²) in [5, 5.41) is 2.71. The Morgan fingerprint density at radius 1 is 1.05 bits per heavy atom. The molecule has 102 valence electrons. The Bertz CT molecular complexity index is 636. The quantitative estimate of drug-likeness (QED) is 0.662. The molecule has 0 saturated carbocycles. The second kappa shape index (κ2) is 5.88. The molecule has 2 aromatic rings. The fourth-order valence-corrected chi connectivity index (χ4v) is 1.68. The smallest absolute Gasteiger partial charge is 0.337 e. The summed E-state index contributed by atoms with van der Waals surface area (Å²) in [5.74, 6) is -0.722. The van der Waals surface area contributed by atoms with Crippen molar-refractivity contribution in [3.8, 4) is 0 Å². The number of benzene rings is 2. The number of amides is 1. The largest absolute Gasteiger partial charge is 0.465 e. The molecular formula is C15H14N2O3. The average Bonchev–Trinajstić information content (AvgIpc) is 2.47. The van der Waals surface area contributed by atoms with E-state index in [0.29, 0.717) is 22.5 Å². The Kier molecular flexibility index (Phi) is 4.00. The first-order valence-electron chi connectivity index (χ1n) is 5.95. The summed E-state index contributed by atoms with van der Waals surface area (Å²) >= 11 is 0. The molecule has 0 heterocycles. The summed E-state index contributed by atoms with van der Waals surface area (Å²) < 4.78 is 4.63. The molecule has 0 atom stereocenters. The van der Waals surface area contributed by atoms with E-state index in [9.17, 15) is 9.59 Å². The van der Waals surface area contributed by atoms with Crippen molar-refractivity contribution in [1.82, 2.24) is 0 Å². The van der Waals surface area contributed by atoms with Crippen molar-refractivity contribution in [2.75, 3.05) is 18.2 Å². The molecule has 0 unspecified atom stereocenters. The third-order valence-corrected chi connectivity index (χ3v) is 2.71. The lowest BCUT2D eigenvalue weighted by Gasteiger charge is -2.07. The number of nitrogen functional groups attached to an aromatic ring is 1. The maximum absolute atomic E-state index is 12.0. The van der Waals surface area contributed by atoms with Crippen LogP contribution in [-0.2, 0) is 4.74 Å². The van der Waals surface area contributed by atoms with Crippen LogP contribution >= 0.6 is 0 Å². The van der Waals surface area contributed by atoms with Crippen molar-refractivity contribution in [3.63, 3.8) is 0 Å². The van der Waals surface area contributed by atoms with Gasteiger partial charge >= 0.3 is 5.97 Å². The van der Waals surface area contributed by atoms with Crippen LogP contribution in [0.2, 0.25) is 0 Å². The molecule has 3 N–H and O–H groups in total. The first kappa shape index (κ1) is 13.6. The van der Waals surface area contributed by atoms with Crippen LogP contribution in [0.5, 0.6) is 0 Å². The zero-order valence-corrected chi connectivity index (χ0v) is 10.9. The molecule has 0 fully saturated rings. The van der Waals surface area contributed by atoms with Gasteiger partial charge in [0.2, 0.25) is 0 Å². The number of carbonyl (C=O) groups excluding carboxylic acids is 2. The number of esters is 1. The van der Waals surface area contributed by atoms with Crippen LogP contribution in [0.4, 0.5) is 11.4 Å². The molecule has 0 aliphatic carbocycles. The highest BCUT2D eigenvalue weighted by Crippen LogP contribution is 2.14. The van der Waals surface area contributed by atoms with E-state index in [-0.39, 0.29) is 5.91 Å². The SMILES string of the molecule is COC(=O)c1cccc(NC(=O)c2ccc(N)cc2)c1. The van der Waals surface area contributed by atoms with Crippen LogP contribution in [0.15, 0.2) is 48.5 Å². The third kappa shape index (κ3) is 3.14. The molecule has 2 aromatic carbocycles. The van der Waals surface area contributed by atoms with E-state index in [4.69, 9.17) is 5.73 Å². The molecule has 0 spiro atoms. The number of nitrogens with two attached hydrogens (primary N) is 1. The molecule has 2 rings (SSSR count).